The van der Waals surface area contributed by atoms with Crippen molar-refractivity contribution in [3.05, 3.63) is 29.8 Å². The second-order valence-corrected chi connectivity index (χ2v) is 8.40. The van der Waals surface area contributed by atoms with Gasteiger partial charge in [-0.1, -0.05) is 53.4 Å². The van der Waals surface area contributed by atoms with E-state index in [1.165, 1.54) is 82.0 Å². The molecule has 0 heterocycles. The summed E-state index contributed by atoms with van der Waals surface area (Å²) in [7, 11) is 3.82. The van der Waals surface area contributed by atoms with Crippen LogP contribution >= 0.6 is 0 Å². The molecule has 29 heavy (non-hydrogen) atoms. The minimum Gasteiger partial charge on any atom is -0.478 e. The number of anilines is 1. The van der Waals surface area contributed by atoms with E-state index in [4.69, 9.17) is 5.11 Å². The van der Waals surface area contributed by atoms with Crippen molar-refractivity contribution < 1.29 is 14.4 Å². The first kappa shape index (κ1) is 27.5. The largest absolute Gasteiger partial charge is 0.478 e. The zero-order chi connectivity index (χ0) is 22.1. The average molecular weight is 408 g/mol. The third kappa shape index (κ3) is 11.9. The highest BCUT2D eigenvalue weighted by atomic mass is 16.4. The lowest BCUT2D eigenvalue weighted by molar-refractivity contribution is -0.929. The van der Waals surface area contributed by atoms with Gasteiger partial charge in [-0.15, -0.1) is 0 Å². The second-order valence-electron chi connectivity index (χ2n) is 8.40. The summed E-state index contributed by atoms with van der Waals surface area (Å²) in [5.74, 6) is -0.889. The van der Waals surface area contributed by atoms with E-state index in [0.29, 0.717) is 5.56 Å². The van der Waals surface area contributed by atoms with Crippen molar-refractivity contribution in [1.29, 1.82) is 0 Å². The van der Waals surface area contributed by atoms with Gasteiger partial charge in [-0.05, 0) is 49.9 Å². The van der Waals surface area contributed by atoms with Gasteiger partial charge >= 0.3 is 5.97 Å². The summed E-state index contributed by atoms with van der Waals surface area (Å²) in [6.07, 6.45) is 11.1. The molecule has 4 nitrogen and oxygen atoms in total. The molecule has 4 heteroatoms. The fourth-order valence-corrected chi connectivity index (χ4v) is 3.55. The highest BCUT2D eigenvalue weighted by Crippen LogP contribution is 2.16. The maximum Gasteiger partial charge on any atom is 0.335 e. The Morgan fingerprint density at radius 3 is 1.34 bits per heavy atom. The molecule has 0 atom stereocenters. The number of carboxylic acids is 1. The summed E-state index contributed by atoms with van der Waals surface area (Å²) in [6, 6.07) is 6.75. The molecule has 0 aromatic heterocycles. The van der Waals surface area contributed by atoms with Crippen molar-refractivity contribution in [3.63, 3.8) is 0 Å². The van der Waals surface area contributed by atoms with Crippen LogP contribution in [0.15, 0.2) is 24.3 Å². The molecule has 0 aliphatic heterocycles. The number of hydrogen-bond donors (Lipinski definition) is 1. The number of rotatable bonds is 14. The van der Waals surface area contributed by atoms with Crippen LogP contribution in [0.2, 0.25) is 0 Å². The molecule has 1 aromatic carbocycles. The first-order valence-corrected chi connectivity index (χ1v) is 11.7. The summed E-state index contributed by atoms with van der Waals surface area (Å²) in [6.45, 7) is 15.0. The van der Waals surface area contributed by atoms with Crippen molar-refractivity contribution >= 4 is 11.7 Å². The first-order valence-electron chi connectivity index (χ1n) is 11.7. The van der Waals surface area contributed by atoms with Crippen molar-refractivity contribution in [2.24, 2.45) is 0 Å². The number of benzene rings is 1. The number of carbonyl (C=O) groups is 1. The Morgan fingerprint density at radius 2 is 1.10 bits per heavy atom. The molecule has 168 valence electrons. The highest BCUT2D eigenvalue weighted by Gasteiger charge is 2.24. The number of aromatic carboxylic acids is 1. The summed E-state index contributed by atoms with van der Waals surface area (Å²) >= 11 is 0. The SMILES string of the molecule is CCCC[N+](CCCC)(CCCC)CCCC.CN(C)c1ccc(C(=O)O)cc1. The molecule has 0 radical (unpaired) electrons. The number of quaternary nitrogens is 1. The Balaban J connectivity index is 0.000000571. The van der Waals surface area contributed by atoms with Gasteiger partial charge in [0, 0.05) is 19.8 Å². The molecule has 1 N–H and O–H groups in total. The fraction of sp³-hybridized carbons (Fsp3) is 0.720. The lowest BCUT2D eigenvalue weighted by Crippen LogP contribution is -2.50. The lowest BCUT2D eigenvalue weighted by atomic mass is 10.1. The van der Waals surface area contributed by atoms with Crippen molar-refractivity contribution in [2.75, 3.05) is 45.2 Å². The first-order chi connectivity index (χ1) is 13.9. The number of carboxylic acid groups (broad SMARTS) is 1. The lowest BCUT2D eigenvalue weighted by Gasteiger charge is -2.39. The van der Waals surface area contributed by atoms with Crippen LogP contribution in [0, 0.1) is 0 Å². The van der Waals surface area contributed by atoms with Gasteiger partial charge in [0.25, 0.3) is 0 Å². The maximum atomic E-state index is 10.5. The van der Waals surface area contributed by atoms with Crippen LogP contribution in [0.4, 0.5) is 5.69 Å². The smallest absolute Gasteiger partial charge is 0.335 e. The van der Waals surface area contributed by atoms with Crippen molar-refractivity contribution in [3.8, 4) is 0 Å². The molecule has 0 saturated carbocycles. The third-order valence-electron chi connectivity index (χ3n) is 5.57. The molecular formula is C25H47N2O2+. The summed E-state index contributed by atoms with van der Waals surface area (Å²) in [4.78, 5) is 12.4. The molecule has 1 aromatic rings. The summed E-state index contributed by atoms with van der Waals surface area (Å²) < 4.78 is 1.42. The molecule has 0 saturated heterocycles. The summed E-state index contributed by atoms with van der Waals surface area (Å²) in [5, 5.41) is 8.60. The van der Waals surface area contributed by atoms with Crippen LogP contribution in [0.25, 0.3) is 0 Å². The van der Waals surface area contributed by atoms with Crippen LogP contribution in [-0.4, -0.2) is 55.8 Å². The van der Waals surface area contributed by atoms with Gasteiger partial charge in [-0.25, -0.2) is 4.79 Å². The van der Waals surface area contributed by atoms with Crippen molar-refractivity contribution in [2.45, 2.75) is 79.1 Å². The number of unbranched alkanes of at least 4 members (excludes halogenated alkanes) is 4. The zero-order valence-corrected chi connectivity index (χ0v) is 20.0. The van der Waals surface area contributed by atoms with Crippen LogP contribution in [0.5, 0.6) is 0 Å². The highest BCUT2D eigenvalue weighted by molar-refractivity contribution is 5.88. The van der Waals surface area contributed by atoms with Gasteiger partial charge in [0.1, 0.15) is 0 Å². The van der Waals surface area contributed by atoms with Gasteiger partial charge in [0.15, 0.2) is 0 Å². The Morgan fingerprint density at radius 1 is 0.759 bits per heavy atom. The zero-order valence-electron chi connectivity index (χ0n) is 20.0. The van der Waals surface area contributed by atoms with Gasteiger partial charge in [0.2, 0.25) is 0 Å². The van der Waals surface area contributed by atoms with Crippen LogP contribution < -0.4 is 4.90 Å². The van der Waals surface area contributed by atoms with E-state index in [1.807, 2.05) is 19.0 Å². The van der Waals surface area contributed by atoms with E-state index in [9.17, 15) is 4.79 Å². The predicted molar refractivity (Wildman–Crippen MR) is 127 cm³/mol. The molecular weight excluding hydrogens is 360 g/mol. The van der Waals surface area contributed by atoms with E-state index >= 15 is 0 Å². The van der Waals surface area contributed by atoms with Crippen LogP contribution in [0.3, 0.4) is 0 Å². The Kier molecular flexibility index (Phi) is 15.4. The molecule has 0 bridgehead atoms. The quantitative estimate of drug-likeness (QED) is 0.360. The van der Waals surface area contributed by atoms with E-state index in [-0.39, 0.29) is 0 Å². The monoisotopic (exact) mass is 407 g/mol. The Labute approximate surface area is 180 Å². The van der Waals surface area contributed by atoms with E-state index < -0.39 is 5.97 Å². The molecule has 0 aliphatic carbocycles. The molecule has 1 rings (SSSR count). The van der Waals surface area contributed by atoms with E-state index in [2.05, 4.69) is 27.7 Å². The van der Waals surface area contributed by atoms with E-state index in [0.717, 1.165) is 5.69 Å². The average Bonchev–Trinajstić information content (AvgIpc) is 2.73. The number of nitrogens with zero attached hydrogens (tertiary/aromatic N) is 2. The maximum absolute atomic E-state index is 10.5. The fourth-order valence-electron chi connectivity index (χ4n) is 3.55. The normalized spacial score (nSPS) is 11.0. The topological polar surface area (TPSA) is 40.5 Å². The minimum absolute atomic E-state index is 0.320. The van der Waals surface area contributed by atoms with Crippen LogP contribution in [0.1, 0.15) is 89.4 Å². The minimum atomic E-state index is -0.889. The molecule has 0 aliphatic rings. The third-order valence-corrected chi connectivity index (χ3v) is 5.57. The standard InChI is InChI=1S/C16H36N.C9H11NO2/c1-5-9-13-17(14-10-6-2,15-11-7-3)16-12-8-4;1-10(2)8-5-3-7(4-6-8)9(11)12/h5-16H2,1-4H3;3-6H,1-2H3,(H,11,12)/q+1;. The Hall–Kier alpha value is -1.55. The van der Waals surface area contributed by atoms with Gasteiger partial charge in [-0.2, -0.15) is 0 Å². The number of hydrogen-bond acceptors (Lipinski definition) is 2. The summed E-state index contributed by atoms with van der Waals surface area (Å²) in [5.41, 5.74) is 1.32. The van der Waals surface area contributed by atoms with Gasteiger partial charge in [0.05, 0.1) is 31.7 Å². The predicted octanol–water partition coefficient (Wildman–Crippen LogP) is 6.45. The second kappa shape index (κ2) is 16.3. The molecule has 0 spiro atoms. The Bertz CT molecular complexity index is 489. The van der Waals surface area contributed by atoms with Crippen LogP contribution in [-0.2, 0) is 0 Å². The van der Waals surface area contributed by atoms with Crippen molar-refractivity contribution in [1.82, 2.24) is 0 Å². The molecule has 0 amide bonds. The van der Waals surface area contributed by atoms with E-state index in [1.54, 1.807) is 24.3 Å². The molecule has 0 unspecified atom stereocenters. The van der Waals surface area contributed by atoms with Gasteiger partial charge in [-0.3, -0.25) is 0 Å². The molecule has 0 fully saturated rings. The van der Waals surface area contributed by atoms with Gasteiger partial charge < -0.3 is 14.5 Å².